The zero-order valence-corrected chi connectivity index (χ0v) is 25.6. The van der Waals surface area contributed by atoms with Gasteiger partial charge < -0.3 is 23.4 Å². The molecule has 0 amide bonds. The summed E-state index contributed by atoms with van der Waals surface area (Å²) >= 11 is 0. The van der Waals surface area contributed by atoms with Gasteiger partial charge in [-0.25, -0.2) is 4.98 Å². The molecule has 1 aliphatic rings. The van der Waals surface area contributed by atoms with Crippen LogP contribution in [0, 0.1) is 0 Å². The maximum absolute atomic E-state index is 12.8. The highest BCUT2D eigenvalue weighted by molar-refractivity contribution is 5.48. The van der Waals surface area contributed by atoms with E-state index in [1.807, 2.05) is 48.7 Å². The number of quaternary nitrogens is 1. The second kappa shape index (κ2) is 13.1. The van der Waals surface area contributed by atoms with E-state index in [1.54, 1.807) is 31.4 Å². The van der Waals surface area contributed by atoms with Crippen molar-refractivity contribution in [3.8, 4) is 34.6 Å². The van der Waals surface area contributed by atoms with Crippen LogP contribution in [0.2, 0.25) is 0 Å². The normalized spacial score (nSPS) is 15.9. The molecule has 46 heavy (non-hydrogen) atoms. The summed E-state index contributed by atoms with van der Waals surface area (Å²) in [4.78, 5) is 4.53. The number of hydrogen-bond acceptors (Lipinski definition) is 5. The molecule has 0 saturated heterocycles. The van der Waals surface area contributed by atoms with E-state index in [0.717, 1.165) is 65.3 Å². The number of alkyl halides is 3. The van der Waals surface area contributed by atoms with Gasteiger partial charge in [0, 0.05) is 29.8 Å². The van der Waals surface area contributed by atoms with Crippen molar-refractivity contribution in [3.63, 3.8) is 0 Å². The Balaban J connectivity index is 1.05. The number of benzene rings is 4. The lowest BCUT2D eigenvalue weighted by Crippen LogP contribution is -2.46. The van der Waals surface area contributed by atoms with Crippen molar-refractivity contribution in [2.45, 2.75) is 32.3 Å². The maximum atomic E-state index is 12.8. The zero-order chi connectivity index (χ0) is 32.1. The summed E-state index contributed by atoms with van der Waals surface area (Å²) in [6.45, 7) is 3.14. The molecule has 9 heteroatoms. The fraction of sp³-hybridized carbons (Fsp3) is 0.216. The van der Waals surface area contributed by atoms with Gasteiger partial charge in [0.05, 0.1) is 26.3 Å². The van der Waals surface area contributed by atoms with E-state index in [1.165, 1.54) is 23.3 Å². The molecule has 2 heterocycles. The van der Waals surface area contributed by atoms with Crippen LogP contribution in [0.1, 0.15) is 27.8 Å². The summed E-state index contributed by atoms with van der Waals surface area (Å²) in [6, 6.07) is 29.6. The van der Waals surface area contributed by atoms with Crippen molar-refractivity contribution in [1.82, 2.24) is 4.98 Å². The Morgan fingerprint density at radius 3 is 2.02 bits per heavy atom. The van der Waals surface area contributed by atoms with Gasteiger partial charge in [0.25, 0.3) is 0 Å². The lowest BCUT2D eigenvalue weighted by atomic mass is 9.96. The number of rotatable bonds is 10. The number of likely N-dealkylation sites (N-methyl/N-ethyl adjacent to an activating group) is 1. The summed E-state index contributed by atoms with van der Waals surface area (Å²) in [5, 5.41) is 0. The molecule has 1 unspecified atom stereocenters. The Labute approximate surface area is 266 Å². The molecule has 0 fully saturated rings. The average Bonchev–Trinajstić information content (AvgIpc) is 3.05. The molecular weight excluding hydrogens is 593 g/mol. The van der Waals surface area contributed by atoms with Crippen LogP contribution in [-0.2, 0) is 32.3 Å². The van der Waals surface area contributed by atoms with Gasteiger partial charge in [0.1, 0.15) is 36.9 Å². The number of ether oxygens (including phenoxy) is 4. The van der Waals surface area contributed by atoms with E-state index in [2.05, 4.69) is 24.2 Å². The Morgan fingerprint density at radius 2 is 1.39 bits per heavy atom. The molecule has 0 aliphatic carbocycles. The number of nitrogens with zero attached hydrogens (tertiary/aromatic N) is 2. The van der Waals surface area contributed by atoms with Crippen LogP contribution in [0.4, 0.5) is 13.2 Å². The molecule has 6 nitrogen and oxygen atoms in total. The van der Waals surface area contributed by atoms with Crippen LogP contribution in [0.3, 0.4) is 0 Å². The number of fused-ring (bicyclic) bond motifs is 1. The van der Waals surface area contributed by atoms with Gasteiger partial charge in [-0.1, -0.05) is 30.3 Å². The van der Waals surface area contributed by atoms with Crippen LogP contribution < -0.4 is 18.9 Å². The van der Waals surface area contributed by atoms with Crippen LogP contribution in [0.15, 0.2) is 109 Å². The monoisotopic (exact) mass is 627 g/mol. The van der Waals surface area contributed by atoms with E-state index >= 15 is 0 Å². The third-order valence-electron chi connectivity index (χ3n) is 8.02. The second-order valence-corrected chi connectivity index (χ2v) is 11.7. The lowest BCUT2D eigenvalue weighted by Gasteiger charge is -2.39. The molecule has 0 bridgehead atoms. The van der Waals surface area contributed by atoms with E-state index < -0.39 is 11.7 Å². The molecule has 0 radical (unpaired) electrons. The fourth-order valence-corrected chi connectivity index (χ4v) is 5.60. The van der Waals surface area contributed by atoms with Crippen LogP contribution in [-0.4, -0.2) is 30.2 Å². The van der Waals surface area contributed by atoms with Crippen molar-refractivity contribution in [2.75, 3.05) is 20.7 Å². The van der Waals surface area contributed by atoms with Crippen LogP contribution in [0.5, 0.6) is 34.6 Å². The van der Waals surface area contributed by atoms with Gasteiger partial charge in [0.15, 0.2) is 11.5 Å². The van der Waals surface area contributed by atoms with E-state index in [0.29, 0.717) is 29.7 Å². The van der Waals surface area contributed by atoms with Gasteiger partial charge in [-0.05, 0) is 77.9 Å². The highest BCUT2D eigenvalue weighted by atomic mass is 19.4. The average molecular weight is 628 g/mol. The molecule has 4 aromatic carbocycles. The standard InChI is InChI=1S/C37H34F3N2O4/c1-42(19-18-28-20-34(43-2)35(21-29(28)24-42)44-25-26-6-4-3-5-7-26)23-27-8-17-36(41-22-27)46-33-15-13-32(14-16-33)45-31-11-9-30(10-12-31)37(38,39)40/h3-17,20-22H,18-19,23-25H2,1-2H3/q+1. The van der Waals surface area contributed by atoms with E-state index in [-0.39, 0.29) is 0 Å². The highest BCUT2D eigenvalue weighted by Crippen LogP contribution is 2.36. The summed E-state index contributed by atoms with van der Waals surface area (Å²) < 4.78 is 62.6. The topological polar surface area (TPSA) is 49.8 Å². The van der Waals surface area contributed by atoms with Gasteiger partial charge in [0.2, 0.25) is 5.88 Å². The van der Waals surface area contributed by atoms with Gasteiger partial charge in [-0.3, -0.25) is 0 Å². The summed E-state index contributed by atoms with van der Waals surface area (Å²) in [6.07, 6.45) is -1.60. The molecule has 5 aromatic rings. The first kappa shape index (κ1) is 31.0. The number of methoxy groups -OCH3 is 1. The third kappa shape index (κ3) is 7.61. The molecule has 0 N–H and O–H groups in total. The Bertz CT molecular complexity index is 1760. The molecule has 6 rings (SSSR count). The Kier molecular flexibility index (Phi) is 8.85. The fourth-order valence-electron chi connectivity index (χ4n) is 5.60. The van der Waals surface area contributed by atoms with Crippen molar-refractivity contribution in [3.05, 3.63) is 137 Å². The van der Waals surface area contributed by atoms with Gasteiger partial charge >= 0.3 is 6.18 Å². The third-order valence-corrected chi connectivity index (χ3v) is 8.02. The van der Waals surface area contributed by atoms with E-state index in [9.17, 15) is 13.2 Å². The van der Waals surface area contributed by atoms with Crippen molar-refractivity contribution >= 4 is 0 Å². The second-order valence-electron chi connectivity index (χ2n) is 11.7. The number of aromatic nitrogens is 1. The molecule has 0 saturated carbocycles. The molecule has 1 aromatic heterocycles. The maximum Gasteiger partial charge on any atom is 0.416 e. The molecule has 1 atom stereocenters. The number of hydrogen-bond donors (Lipinski definition) is 0. The molecule has 236 valence electrons. The quantitative estimate of drug-likeness (QED) is 0.145. The first-order chi connectivity index (χ1) is 22.2. The predicted molar refractivity (Wildman–Crippen MR) is 168 cm³/mol. The van der Waals surface area contributed by atoms with Crippen molar-refractivity contribution in [1.29, 1.82) is 0 Å². The largest absolute Gasteiger partial charge is 0.493 e. The SMILES string of the molecule is COc1cc2c(cc1OCc1ccccc1)C[N+](C)(Cc1ccc(Oc3ccc(Oc4ccc(C(F)(F)F)cc4)cc3)nc1)CC2. The van der Waals surface area contributed by atoms with E-state index in [4.69, 9.17) is 18.9 Å². The number of halogens is 3. The van der Waals surface area contributed by atoms with Crippen LogP contribution >= 0.6 is 0 Å². The summed E-state index contributed by atoms with van der Waals surface area (Å²) in [5.41, 5.74) is 4.03. The van der Waals surface area contributed by atoms with Crippen molar-refractivity contribution in [2.24, 2.45) is 0 Å². The number of pyridine rings is 1. The minimum absolute atomic E-state index is 0.309. The highest BCUT2D eigenvalue weighted by Gasteiger charge is 2.31. The predicted octanol–water partition coefficient (Wildman–Crippen LogP) is 8.98. The smallest absolute Gasteiger partial charge is 0.416 e. The Hall–Kier alpha value is -5.02. The van der Waals surface area contributed by atoms with Crippen molar-refractivity contribution < 1.29 is 36.6 Å². The first-order valence-corrected chi connectivity index (χ1v) is 14.9. The van der Waals surface area contributed by atoms with Gasteiger partial charge in [-0.15, -0.1) is 0 Å². The minimum Gasteiger partial charge on any atom is -0.493 e. The summed E-state index contributed by atoms with van der Waals surface area (Å²) in [7, 11) is 3.94. The Morgan fingerprint density at radius 1 is 0.739 bits per heavy atom. The molecule has 0 spiro atoms. The molecule has 1 aliphatic heterocycles. The van der Waals surface area contributed by atoms with Crippen LogP contribution in [0.25, 0.3) is 0 Å². The van der Waals surface area contributed by atoms with Gasteiger partial charge in [-0.2, -0.15) is 13.2 Å². The minimum atomic E-state index is -4.39. The summed E-state index contributed by atoms with van der Waals surface area (Å²) in [5.74, 6) is 3.31. The lowest BCUT2D eigenvalue weighted by molar-refractivity contribution is -0.937. The molecular formula is C37H34F3N2O4+. The zero-order valence-electron chi connectivity index (χ0n) is 25.6. The first-order valence-electron chi connectivity index (χ1n) is 14.9.